The fourth-order valence-corrected chi connectivity index (χ4v) is 2.04. The van der Waals surface area contributed by atoms with E-state index in [1.54, 1.807) is 7.11 Å². The lowest BCUT2D eigenvalue weighted by Crippen LogP contribution is -2.01. The van der Waals surface area contributed by atoms with E-state index in [1.807, 2.05) is 24.3 Å². The van der Waals surface area contributed by atoms with Gasteiger partial charge in [-0.2, -0.15) is 0 Å². The van der Waals surface area contributed by atoms with Gasteiger partial charge in [0.15, 0.2) is 0 Å². The van der Waals surface area contributed by atoms with E-state index in [2.05, 4.69) is 22.2 Å². The molecule has 0 atom stereocenters. The number of aromatic nitrogens is 2. The zero-order valence-corrected chi connectivity index (χ0v) is 11.7. The molecule has 1 aromatic heterocycles. The monoisotopic (exact) mass is 277 g/mol. The third kappa shape index (κ3) is 3.35. The summed E-state index contributed by atoms with van der Waals surface area (Å²) in [7, 11) is 1.64. The second-order valence-electron chi connectivity index (χ2n) is 4.10. The summed E-state index contributed by atoms with van der Waals surface area (Å²) in [6, 6.07) is 7.68. The largest absolute Gasteiger partial charge is 0.497 e. The van der Waals surface area contributed by atoms with Gasteiger partial charge in [-0.3, -0.25) is 0 Å². The molecule has 0 amide bonds. The second-order valence-corrected chi connectivity index (χ2v) is 4.46. The van der Waals surface area contributed by atoms with Crippen LogP contribution in [0.25, 0.3) is 0 Å². The summed E-state index contributed by atoms with van der Waals surface area (Å²) in [5.41, 5.74) is 1.85. The Morgan fingerprint density at radius 1 is 1.32 bits per heavy atom. The first-order valence-electron chi connectivity index (χ1n) is 6.15. The number of ether oxygens (including phenoxy) is 1. The molecule has 2 aromatic rings. The van der Waals surface area contributed by atoms with E-state index >= 15 is 0 Å². The van der Waals surface area contributed by atoms with Crippen LogP contribution in [0.3, 0.4) is 0 Å². The molecule has 0 saturated carbocycles. The zero-order chi connectivity index (χ0) is 13.7. The van der Waals surface area contributed by atoms with E-state index in [1.165, 1.54) is 6.33 Å². The van der Waals surface area contributed by atoms with Crippen molar-refractivity contribution in [1.82, 2.24) is 9.97 Å². The lowest BCUT2D eigenvalue weighted by Gasteiger charge is -2.11. The van der Waals surface area contributed by atoms with Crippen molar-refractivity contribution in [3.05, 3.63) is 41.3 Å². The van der Waals surface area contributed by atoms with E-state index < -0.39 is 0 Å². The Balaban J connectivity index is 2.29. The molecule has 19 heavy (non-hydrogen) atoms. The highest BCUT2D eigenvalue weighted by Crippen LogP contribution is 2.26. The summed E-state index contributed by atoms with van der Waals surface area (Å²) >= 11 is 6.12. The molecule has 0 saturated heterocycles. The molecular formula is C14H16ClN3O. The summed E-state index contributed by atoms with van der Waals surface area (Å²) in [4.78, 5) is 8.28. The molecule has 0 aliphatic carbocycles. The van der Waals surface area contributed by atoms with Gasteiger partial charge >= 0.3 is 0 Å². The highest BCUT2D eigenvalue weighted by Gasteiger charge is 2.09. The lowest BCUT2D eigenvalue weighted by molar-refractivity contribution is 0.415. The van der Waals surface area contributed by atoms with E-state index in [9.17, 15) is 0 Å². The molecule has 1 N–H and O–H groups in total. The van der Waals surface area contributed by atoms with Crippen molar-refractivity contribution in [1.29, 1.82) is 0 Å². The summed E-state index contributed by atoms with van der Waals surface area (Å²) in [6.07, 6.45) is 3.29. The molecule has 1 heterocycles. The molecule has 0 aliphatic heterocycles. The molecule has 0 fully saturated rings. The number of benzene rings is 1. The van der Waals surface area contributed by atoms with Gasteiger partial charge in [-0.15, -0.1) is 0 Å². The molecule has 0 radical (unpaired) electrons. The van der Waals surface area contributed by atoms with E-state index in [4.69, 9.17) is 16.3 Å². The first kappa shape index (κ1) is 13.6. The highest BCUT2D eigenvalue weighted by molar-refractivity contribution is 6.30. The molecule has 2 rings (SSSR count). The van der Waals surface area contributed by atoms with Crippen molar-refractivity contribution >= 4 is 23.1 Å². The number of methoxy groups -OCH3 is 1. The van der Waals surface area contributed by atoms with E-state index in [0.29, 0.717) is 5.15 Å². The minimum Gasteiger partial charge on any atom is -0.497 e. The topological polar surface area (TPSA) is 47.0 Å². The Bertz CT molecular complexity index is 560. The van der Waals surface area contributed by atoms with E-state index in [0.717, 1.165) is 35.7 Å². The summed E-state index contributed by atoms with van der Waals surface area (Å²) in [5, 5.41) is 3.76. The maximum absolute atomic E-state index is 6.12. The Kier molecular flexibility index (Phi) is 4.58. The van der Waals surface area contributed by atoms with Crippen molar-refractivity contribution in [2.24, 2.45) is 0 Å². The van der Waals surface area contributed by atoms with Crippen LogP contribution in [0.1, 0.15) is 18.9 Å². The maximum atomic E-state index is 6.12. The van der Waals surface area contributed by atoms with Crippen LogP contribution >= 0.6 is 11.6 Å². The van der Waals surface area contributed by atoms with Gasteiger partial charge in [-0.25, -0.2) is 9.97 Å². The zero-order valence-electron chi connectivity index (χ0n) is 11.0. The highest BCUT2D eigenvalue weighted by atomic mass is 35.5. The van der Waals surface area contributed by atoms with Crippen LogP contribution in [0.4, 0.5) is 11.5 Å². The predicted octanol–water partition coefficient (Wildman–Crippen LogP) is 3.83. The first-order chi connectivity index (χ1) is 9.24. The molecule has 0 spiro atoms. The average Bonchev–Trinajstić information content (AvgIpc) is 2.43. The van der Waals surface area contributed by atoms with Crippen molar-refractivity contribution in [3.63, 3.8) is 0 Å². The van der Waals surface area contributed by atoms with Gasteiger partial charge in [0, 0.05) is 17.3 Å². The smallest absolute Gasteiger partial charge is 0.138 e. The predicted molar refractivity (Wildman–Crippen MR) is 77.3 cm³/mol. The Labute approximate surface area is 117 Å². The normalized spacial score (nSPS) is 10.3. The lowest BCUT2D eigenvalue weighted by atomic mass is 10.2. The number of rotatable bonds is 5. The molecular weight excluding hydrogens is 262 g/mol. The van der Waals surface area contributed by atoms with Gasteiger partial charge in [0.05, 0.1) is 7.11 Å². The number of anilines is 2. The third-order valence-electron chi connectivity index (χ3n) is 2.73. The van der Waals surface area contributed by atoms with E-state index in [-0.39, 0.29) is 0 Å². The standard InChI is InChI=1S/C14H16ClN3O/c1-3-5-12-13(15)16-9-17-14(12)18-10-6-4-7-11(8-10)19-2/h4,6-9H,3,5H2,1-2H3,(H,16,17,18). The second kappa shape index (κ2) is 6.38. The van der Waals surface area contributed by atoms with Crippen molar-refractivity contribution in [3.8, 4) is 5.75 Å². The minimum absolute atomic E-state index is 0.502. The van der Waals surface area contributed by atoms with Crippen LogP contribution in [0.5, 0.6) is 5.75 Å². The first-order valence-corrected chi connectivity index (χ1v) is 6.52. The van der Waals surface area contributed by atoms with Gasteiger partial charge in [-0.1, -0.05) is 31.0 Å². The summed E-state index contributed by atoms with van der Waals surface area (Å²) < 4.78 is 5.20. The molecule has 0 aliphatic rings. The van der Waals surface area contributed by atoms with Gasteiger partial charge < -0.3 is 10.1 Å². The van der Waals surface area contributed by atoms with Crippen LogP contribution in [-0.2, 0) is 6.42 Å². The van der Waals surface area contributed by atoms with Crippen molar-refractivity contribution in [2.75, 3.05) is 12.4 Å². The van der Waals surface area contributed by atoms with Crippen LogP contribution in [0, 0.1) is 0 Å². The van der Waals surface area contributed by atoms with Crippen LogP contribution < -0.4 is 10.1 Å². The third-order valence-corrected chi connectivity index (χ3v) is 3.05. The Morgan fingerprint density at radius 2 is 2.16 bits per heavy atom. The number of hydrogen-bond acceptors (Lipinski definition) is 4. The molecule has 100 valence electrons. The van der Waals surface area contributed by atoms with Crippen LogP contribution in [0.2, 0.25) is 5.15 Å². The Hall–Kier alpha value is -1.81. The van der Waals surface area contributed by atoms with Gasteiger partial charge in [0.25, 0.3) is 0 Å². The average molecular weight is 278 g/mol. The van der Waals surface area contributed by atoms with Gasteiger partial charge in [0.2, 0.25) is 0 Å². The quantitative estimate of drug-likeness (QED) is 0.844. The molecule has 1 aromatic carbocycles. The molecule has 4 nitrogen and oxygen atoms in total. The van der Waals surface area contributed by atoms with Crippen molar-refractivity contribution < 1.29 is 4.74 Å². The number of nitrogens with one attached hydrogen (secondary N) is 1. The van der Waals surface area contributed by atoms with Crippen molar-refractivity contribution in [2.45, 2.75) is 19.8 Å². The number of hydrogen-bond donors (Lipinski definition) is 1. The minimum atomic E-state index is 0.502. The van der Waals surface area contributed by atoms with Gasteiger partial charge in [-0.05, 0) is 18.6 Å². The number of nitrogens with zero attached hydrogens (tertiary/aromatic N) is 2. The maximum Gasteiger partial charge on any atom is 0.138 e. The molecule has 5 heteroatoms. The fraction of sp³-hybridized carbons (Fsp3) is 0.286. The summed E-state index contributed by atoms with van der Waals surface area (Å²) in [6.45, 7) is 2.10. The summed E-state index contributed by atoms with van der Waals surface area (Å²) in [5.74, 6) is 1.54. The fourth-order valence-electron chi connectivity index (χ4n) is 1.81. The molecule has 0 bridgehead atoms. The van der Waals surface area contributed by atoms with Crippen LogP contribution in [-0.4, -0.2) is 17.1 Å². The molecule has 0 unspecified atom stereocenters. The number of halogens is 1. The Morgan fingerprint density at radius 3 is 2.89 bits per heavy atom. The SMILES string of the molecule is CCCc1c(Cl)ncnc1Nc1cccc(OC)c1. The van der Waals surface area contributed by atoms with Crippen LogP contribution in [0.15, 0.2) is 30.6 Å². The van der Waals surface area contributed by atoms with Gasteiger partial charge in [0.1, 0.15) is 23.0 Å².